The van der Waals surface area contributed by atoms with Crippen molar-refractivity contribution in [1.29, 1.82) is 0 Å². The van der Waals surface area contributed by atoms with E-state index in [1.165, 1.54) is 17.3 Å². The Kier molecular flexibility index (Phi) is 8.23. The minimum Gasteiger partial charge on any atom is -0.493 e. The van der Waals surface area contributed by atoms with Gasteiger partial charge < -0.3 is 9.47 Å². The first-order valence-corrected chi connectivity index (χ1v) is 12.6. The minimum absolute atomic E-state index is 0.184. The Morgan fingerprint density at radius 1 is 1.03 bits per heavy atom. The summed E-state index contributed by atoms with van der Waals surface area (Å²) in [5.74, 6) is 1.31. The number of carbonyl (C=O) groups is 1. The number of fused-ring (bicyclic) bond motifs is 1. The first-order chi connectivity index (χ1) is 17.4. The molecule has 184 valence electrons. The van der Waals surface area contributed by atoms with E-state index in [1.807, 2.05) is 68.4 Å². The molecule has 0 unspecified atom stereocenters. The molecule has 0 aliphatic heterocycles. The molecule has 0 radical (unpaired) electrons. The van der Waals surface area contributed by atoms with Gasteiger partial charge in [0.1, 0.15) is 6.61 Å². The van der Waals surface area contributed by atoms with E-state index in [0.717, 1.165) is 38.2 Å². The smallest absolute Gasteiger partial charge is 0.250 e. The van der Waals surface area contributed by atoms with Gasteiger partial charge in [0.2, 0.25) is 5.91 Å². The van der Waals surface area contributed by atoms with Crippen LogP contribution in [0.5, 0.6) is 11.5 Å². The number of carbonyl (C=O) groups excluding carboxylic acids is 1. The van der Waals surface area contributed by atoms with Gasteiger partial charge in [-0.1, -0.05) is 48.0 Å². The number of methoxy groups -OCH3 is 1. The second-order valence-electron chi connectivity index (χ2n) is 8.50. The van der Waals surface area contributed by atoms with Crippen LogP contribution in [0.4, 0.5) is 0 Å². The maximum Gasteiger partial charge on any atom is 0.250 e. The second kappa shape index (κ2) is 11.7. The summed E-state index contributed by atoms with van der Waals surface area (Å²) in [5, 5.41) is 5.16. The number of aryl methyl sites for hydroxylation is 3. The number of amides is 1. The van der Waals surface area contributed by atoms with Crippen LogP contribution in [-0.4, -0.2) is 30.0 Å². The Hall–Kier alpha value is -3.84. The summed E-state index contributed by atoms with van der Waals surface area (Å²) in [6.45, 7) is 6.51. The fourth-order valence-corrected chi connectivity index (χ4v) is 4.61. The number of nitrogens with one attached hydrogen (secondary N) is 1. The third-order valence-electron chi connectivity index (χ3n) is 5.60. The van der Waals surface area contributed by atoms with E-state index in [-0.39, 0.29) is 11.7 Å². The number of thioether (sulfide) groups is 1. The summed E-state index contributed by atoms with van der Waals surface area (Å²) in [5.41, 5.74) is 8.70. The van der Waals surface area contributed by atoms with Gasteiger partial charge in [-0.2, -0.15) is 5.10 Å². The number of hydrogen-bond acceptors (Lipinski definition) is 6. The molecule has 0 saturated heterocycles. The molecule has 1 heterocycles. The van der Waals surface area contributed by atoms with Crippen molar-refractivity contribution in [3.05, 3.63) is 94.7 Å². The molecule has 1 N–H and O–H groups in total. The zero-order valence-corrected chi connectivity index (χ0v) is 21.7. The molecular weight excluding hydrogens is 470 g/mol. The summed E-state index contributed by atoms with van der Waals surface area (Å²) in [7, 11) is 1.60. The maximum absolute atomic E-state index is 12.4. The molecule has 0 atom stereocenters. The fourth-order valence-electron chi connectivity index (χ4n) is 3.69. The van der Waals surface area contributed by atoms with Crippen LogP contribution in [0, 0.1) is 20.8 Å². The van der Waals surface area contributed by atoms with Crippen molar-refractivity contribution >= 4 is 34.8 Å². The van der Waals surface area contributed by atoms with Crippen LogP contribution in [0.15, 0.2) is 76.7 Å². The van der Waals surface area contributed by atoms with Crippen molar-refractivity contribution in [1.82, 2.24) is 10.4 Å². The van der Waals surface area contributed by atoms with Crippen LogP contribution >= 0.6 is 11.8 Å². The van der Waals surface area contributed by atoms with Crippen LogP contribution < -0.4 is 14.9 Å². The minimum atomic E-state index is -0.184. The van der Waals surface area contributed by atoms with Crippen LogP contribution in [0.25, 0.3) is 10.9 Å². The van der Waals surface area contributed by atoms with Crippen molar-refractivity contribution in [2.24, 2.45) is 5.10 Å². The van der Waals surface area contributed by atoms with Gasteiger partial charge in [0.05, 0.1) is 24.6 Å². The molecule has 4 aromatic rings. The van der Waals surface area contributed by atoms with Crippen LogP contribution in [0.3, 0.4) is 0 Å². The molecular formula is C29H29N3O3S. The van der Waals surface area contributed by atoms with Crippen LogP contribution in [0.2, 0.25) is 0 Å². The largest absolute Gasteiger partial charge is 0.493 e. The Balaban J connectivity index is 1.33. The molecule has 7 heteroatoms. The van der Waals surface area contributed by atoms with E-state index in [0.29, 0.717) is 18.1 Å². The lowest BCUT2D eigenvalue weighted by Gasteiger charge is -2.11. The van der Waals surface area contributed by atoms with E-state index in [1.54, 1.807) is 13.3 Å². The molecule has 0 aliphatic rings. The Labute approximate surface area is 215 Å². The van der Waals surface area contributed by atoms with E-state index < -0.39 is 0 Å². The van der Waals surface area contributed by atoms with Crippen molar-refractivity contribution in [2.45, 2.75) is 32.3 Å². The van der Waals surface area contributed by atoms with Gasteiger partial charge in [0.25, 0.3) is 0 Å². The number of pyridine rings is 1. The predicted octanol–water partition coefficient (Wildman–Crippen LogP) is 5.99. The zero-order valence-electron chi connectivity index (χ0n) is 20.9. The topological polar surface area (TPSA) is 72.8 Å². The molecule has 4 rings (SSSR count). The van der Waals surface area contributed by atoms with Gasteiger partial charge in [0.15, 0.2) is 11.5 Å². The lowest BCUT2D eigenvalue weighted by Crippen LogP contribution is -2.19. The average molecular weight is 500 g/mol. The lowest BCUT2D eigenvalue weighted by atomic mass is 10.1. The molecule has 1 amide bonds. The monoisotopic (exact) mass is 499 g/mol. The molecule has 36 heavy (non-hydrogen) atoms. The maximum atomic E-state index is 12.4. The molecule has 0 bridgehead atoms. The van der Waals surface area contributed by atoms with Gasteiger partial charge in [-0.05, 0) is 61.7 Å². The van der Waals surface area contributed by atoms with E-state index >= 15 is 0 Å². The Bertz CT molecular complexity index is 1400. The van der Waals surface area contributed by atoms with E-state index in [9.17, 15) is 4.79 Å². The van der Waals surface area contributed by atoms with Crippen molar-refractivity contribution in [3.63, 3.8) is 0 Å². The molecule has 3 aromatic carbocycles. The number of aromatic nitrogens is 1. The predicted molar refractivity (Wildman–Crippen MR) is 146 cm³/mol. The first kappa shape index (κ1) is 25.3. The molecule has 0 saturated carbocycles. The SMILES string of the molecule is COc1cc(/C=N/NC(=O)CSc2cc(C)nc3c(C)cccc23)ccc1OCc1ccc(C)cc1. The normalized spacial score (nSPS) is 11.1. The number of hydrogen-bond donors (Lipinski definition) is 1. The molecule has 0 spiro atoms. The number of nitrogens with zero attached hydrogens (tertiary/aromatic N) is 2. The van der Waals surface area contributed by atoms with Crippen molar-refractivity contribution < 1.29 is 14.3 Å². The fraction of sp³-hybridized carbons (Fsp3) is 0.207. The number of benzene rings is 3. The Morgan fingerprint density at radius 2 is 1.83 bits per heavy atom. The van der Waals surface area contributed by atoms with Crippen molar-refractivity contribution in [2.75, 3.05) is 12.9 Å². The van der Waals surface area contributed by atoms with Gasteiger partial charge in [-0.15, -0.1) is 11.8 Å². The molecule has 0 aliphatic carbocycles. The third kappa shape index (κ3) is 6.43. The summed E-state index contributed by atoms with van der Waals surface area (Å²) in [4.78, 5) is 18.1. The number of hydrazone groups is 1. The van der Waals surface area contributed by atoms with E-state index in [2.05, 4.69) is 34.6 Å². The van der Waals surface area contributed by atoms with Crippen LogP contribution in [0.1, 0.15) is 27.9 Å². The van der Waals surface area contributed by atoms with Gasteiger partial charge >= 0.3 is 0 Å². The third-order valence-corrected chi connectivity index (χ3v) is 6.65. The standard InChI is InChI=1S/C29H29N3O3S/c1-19-8-10-22(11-9-19)17-35-25-13-12-23(15-26(25)34-4)16-30-32-28(33)18-36-27-14-21(3)31-29-20(2)6-5-7-24(27)29/h5-16H,17-18H2,1-4H3,(H,32,33)/b30-16+. The highest BCUT2D eigenvalue weighted by Crippen LogP contribution is 2.30. The van der Waals surface area contributed by atoms with E-state index in [4.69, 9.17) is 9.47 Å². The van der Waals surface area contributed by atoms with Crippen molar-refractivity contribution in [3.8, 4) is 11.5 Å². The summed E-state index contributed by atoms with van der Waals surface area (Å²) >= 11 is 1.48. The molecule has 6 nitrogen and oxygen atoms in total. The number of ether oxygens (including phenoxy) is 2. The van der Waals surface area contributed by atoms with Gasteiger partial charge in [-0.3, -0.25) is 9.78 Å². The summed E-state index contributed by atoms with van der Waals surface area (Å²) in [6, 6.07) is 21.8. The summed E-state index contributed by atoms with van der Waals surface area (Å²) < 4.78 is 11.4. The van der Waals surface area contributed by atoms with Gasteiger partial charge in [0, 0.05) is 16.0 Å². The number of rotatable bonds is 9. The highest BCUT2D eigenvalue weighted by atomic mass is 32.2. The number of para-hydroxylation sites is 1. The Morgan fingerprint density at radius 3 is 2.61 bits per heavy atom. The highest BCUT2D eigenvalue weighted by molar-refractivity contribution is 8.00. The molecule has 0 fully saturated rings. The summed E-state index contributed by atoms with van der Waals surface area (Å²) in [6.07, 6.45) is 1.59. The molecule has 1 aromatic heterocycles. The quantitative estimate of drug-likeness (QED) is 0.174. The first-order valence-electron chi connectivity index (χ1n) is 11.6. The van der Waals surface area contributed by atoms with Gasteiger partial charge in [-0.25, -0.2) is 5.43 Å². The van der Waals surface area contributed by atoms with Crippen LogP contribution in [-0.2, 0) is 11.4 Å². The zero-order chi connectivity index (χ0) is 25.5. The highest BCUT2D eigenvalue weighted by Gasteiger charge is 2.09. The second-order valence-corrected chi connectivity index (χ2v) is 9.52. The average Bonchev–Trinajstić information content (AvgIpc) is 2.88. The lowest BCUT2D eigenvalue weighted by molar-refractivity contribution is -0.118.